The maximum atomic E-state index is 5.65. The lowest BCUT2D eigenvalue weighted by atomic mass is 9.78. The van der Waals surface area contributed by atoms with E-state index in [9.17, 15) is 0 Å². The number of nitrogens with one attached hydrogen (secondary N) is 1. The van der Waals surface area contributed by atoms with E-state index in [1.165, 1.54) is 89.9 Å². The molecule has 19 heavy (non-hydrogen) atoms. The summed E-state index contributed by atoms with van der Waals surface area (Å²) in [6, 6.07) is 0.600. The number of rotatable bonds is 13. The zero-order chi connectivity index (χ0) is 13.8. The van der Waals surface area contributed by atoms with Crippen LogP contribution in [0, 0.1) is 5.92 Å². The Morgan fingerprint density at radius 2 is 1.42 bits per heavy atom. The predicted octanol–water partition coefficient (Wildman–Crippen LogP) is 4.93. The largest absolute Gasteiger partial charge is 0.271 e. The molecule has 1 fully saturated rings. The molecule has 0 aromatic rings. The van der Waals surface area contributed by atoms with Crippen LogP contribution in [0.5, 0.6) is 0 Å². The van der Waals surface area contributed by atoms with Crippen molar-refractivity contribution in [3.63, 3.8) is 0 Å². The van der Waals surface area contributed by atoms with E-state index in [2.05, 4.69) is 12.3 Å². The van der Waals surface area contributed by atoms with Crippen molar-refractivity contribution < 1.29 is 0 Å². The maximum Gasteiger partial charge on any atom is 0.0238 e. The number of nitrogens with two attached hydrogens (primary N) is 1. The van der Waals surface area contributed by atoms with Gasteiger partial charge in [-0.2, -0.15) is 0 Å². The van der Waals surface area contributed by atoms with Crippen LogP contribution in [0.15, 0.2) is 0 Å². The van der Waals surface area contributed by atoms with Gasteiger partial charge in [0.1, 0.15) is 0 Å². The van der Waals surface area contributed by atoms with E-state index < -0.39 is 0 Å². The van der Waals surface area contributed by atoms with Crippen LogP contribution in [0.2, 0.25) is 0 Å². The Morgan fingerprint density at radius 1 is 0.895 bits per heavy atom. The molecule has 0 heterocycles. The normalized spacial score (nSPS) is 17.4. The number of unbranched alkanes of at least 4 members (excludes halogenated alkanes) is 9. The van der Waals surface area contributed by atoms with Gasteiger partial charge in [-0.25, -0.2) is 0 Å². The van der Waals surface area contributed by atoms with Crippen molar-refractivity contribution in [2.24, 2.45) is 11.8 Å². The molecule has 0 saturated heterocycles. The van der Waals surface area contributed by atoms with Gasteiger partial charge in [0.2, 0.25) is 0 Å². The van der Waals surface area contributed by atoms with Crippen LogP contribution in [0.4, 0.5) is 0 Å². The second-order valence-electron chi connectivity index (χ2n) is 6.43. The zero-order valence-corrected chi connectivity index (χ0v) is 13.1. The van der Waals surface area contributed by atoms with Crippen LogP contribution >= 0.6 is 0 Å². The average Bonchev–Trinajstić information content (AvgIpc) is 2.37. The Labute approximate surface area is 120 Å². The molecular formula is C17H36N2. The van der Waals surface area contributed by atoms with Gasteiger partial charge in [0.05, 0.1) is 0 Å². The van der Waals surface area contributed by atoms with Gasteiger partial charge in [-0.1, -0.05) is 77.6 Å². The van der Waals surface area contributed by atoms with Crippen molar-refractivity contribution in [1.29, 1.82) is 0 Å². The van der Waals surface area contributed by atoms with Gasteiger partial charge < -0.3 is 0 Å². The van der Waals surface area contributed by atoms with Crippen LogP contribution in [0.25, 0.3) is 0 Å². The summed E-state index contributed by atoms with van der Waals surface area (Å²) in [7, 11) is 0. The molecule has 0 aromatic heterocycles. The summed E-state index contributed by atoms with van der Waals surface area (Å²) >= 11 is 0. The molecule has 3 N–H and O–H groups in total. The fourth-order valence-electron chi connectivity index (χ4n) is 3.15. The van der Waals surface area contributed by atoms with Crippen LogP contribution in [0.3, 0.4) is 0 Å². The van der Waals surface area contributed by atoms with Gasteiger partial charge in [0.25, 0.3) is 0 Å². The first-order valence-electron chi connectivity index (χ1n) is 8.84. The first-order chi connectivity index (χ1) is 9.38. The Balaban J connectivity index is 1.80. The highest BCUT2D eigenvalue weighted by atomic mass is 15.2. The molecule has 1 atom stereocenters. The molecule has 1 saturated carbocycles. The van der Waals surface area contributed by atoms with Gasteiger partial charge in [-0.05, 0) is 25.2 Å². The third-order valence-electron chi connectivity index (χ3n) is 4.80. The zero-order valence-electron chi connectivity index (χ0n) is 13.1. The van der Waals surface area contributed by atoms with E-state index in [-0.39, 0.29) is 0 Å². The summed E-state index contributed by atoms with van der Waals surface area (Å²) < 4.78 is 0. The summed E-state index contributed by atoms with van der Waals surface area (Å²) in [5.74, 6) is 6.53. The highest BCUT2D eigenvalue weighted by Crippen LogP contribution is 2.31. The maximum absolute atomic E-state index is 5.65. The second kappa shape index (κ2) is 11.7. The summed E-state index contributed by atoms with van der Waals surface area (Å²) in [6.07, 6.45) is 19.7. The number of hydrogen-bond acceptors (Lipinski definition) is 2. The first-order valence-corrected chi connectivity index (χ1v) is 8.84. The Kier molecular flexibility index (Phi) is 10.5. The van der Waals surface area contributed by atoms with Gasteiger partial charge in [-0.15, -0.1) is 0 Å². The molecule has 1 aliphatic carbocycles. The summed E-state index contributed by atoms with van der Waals surface area (Å²) in [4.78, 5) is 0. The quantitative estimate of drug-likeness (QED) is 0.282. The minimum Gasteiger partial charge on any atom is -0.271 e. The topological polar surface area (TPSA) is 38.0 Å². The summed E-state index contributed by atoms with van der Waals surface area (Å²) in [5.41, 5.74) is 3.03. The van der Waals surface area contributed by atoms with Crippen molar-refractivity contribution in [3.05, 3.63) is 0 Å². The van der Waals surface area contributed by atoms with Gasteiger partial charge >= 0.3 is 0 Å². The Morgan fingerprint density at radius 3 is 1.84 bits per heavy atom. The van der Waals surface area contributed by atoms with Crippen LogP contribution < -0.4 is 11.3 Å². The molecule has 0 amide bonds. The van der Waals surface area contributed by atoms with E-state index in [1.54, 1.807) is 0 Å². The first kappa shape index (κ1) is 17.0. The molecule has 1 aliphatic rings. The standard InChI is InChI=1S/C17H36N2/c1-2-3-4-5-6-7-8-9-10-11-15-17(19-18)16-13-12-14-16/h16-17,19H,2-15,18H2,1H3. The van der Waals surface area contributed by atoms with E-state index >= 15 is 0 Å². The summed E-state index contributed by atoms with van der Waals surface area (Å²) in [6.45, 7) is 2.28. The van der Waals surface area contributed by atoms with Crippen molar-refractivity contribution >= 4 is 0 Å². The molecule has 0 aliphatic heterocycles. The molecule has 0 bridgehead atoms. The Hall–Kier alpha value is -0.0800. The van der Waals surface area contributed by atoms with Crippen molar-refractivity contribution in [2.75, 3.05) is 0 Å². The summed E-state index contributed by atoms with van der Waals surface area (Å²) in [5, 5.41) is 0. The Bertz CT molecular complexity index is 190. The molecule has 0 aromatic carbocycles. The van der Waals surface area contributed by atoms with Gasteiger partial charge in [0.15, 0.2) is 0 Å². The highest BCUT2D eigenvalue weighted by molar-refractivity contribution is 4.81. The molecule has 0 spiro atoms. The SMILES string of the molecule is CCCCCCCCCCCCC(NN)C1CCC1. The molecule has 1 unspecified atom stereocenters. The highest BCUT2D eigenvalue weighted by Gasteiger charge is 2.25. The number of hydrogen-bond donors (Lipinski definition) is 2. The monoisotopic (exact) mass is 268 g/mol. The lowest BCUT2D eigenvalue weighted by Gasteiger charge is -2.33. The van der Waals surface area contributed by atoms with E-state index in [0.29, 0.717) is 6.04 Å². The average molecular weight is 268 g/mol. The molecule has 2 nitrogen and oxygen atoms in total. The fourth-order valence-corrected chi connectivity index (χ4v) is 3.15. The van der Waals surface area contributed by atoms with E-state index in [4.69, 9.17) is 5.84 Å². The van der Waals surface area contributed by atoms with Crippen molar-refractivity contribution in [3.8, 4) is 0 Å². The third kappa shape index (κ3) is 7.94. The minimum atomic E-state index is 0.600. The predicted molar refractivity (Wildman–Crippen MR) is 84.9 cm³/mol. The third-order valence-corrected chi connectivity index (χ3v) is 4.80. The van der Waals surface area contributed by atoms with Crippen LogP contribution in [-0.2, 0) is 0 Å². The van der Waals surface area contributed by atoms with Crippen LogP contribution in [-0.4, -0.2) is 6.04 Å². The van der Waals surface area contributed by atoms with Crippen LogP contribution in [0.1, 0.15) is 96.8 Å². The lowest BCUT2D eigenvalue weighted by molar-refractivity contribution is 0.217. The molecule has 1 rings (SSSR count). The number of hydrazine groups is 1. The fraction of sp³-hybridized carbons (Fsp3) is 1.00. The lowest BCUT2D eigenvalue weighted by Crippen LogP contribution is -2.43. The molecule has 0 radical (unpaired) electrons. The van der Waals surface area contributed by atoms with E-state index in [1.807, 2.05) is 0 Å². The van der Waals surface area contributed by atoms with Crippen molar-refractivity contribution in [1.82, 2.24) is 5.43 Å². The molecule has 114 valence electrons. The van der Waals surface area contributed by atoms with E-state index in [0.717, 1.165) is 5.92 Å². The molecular weight excluding hydrogens is 232 g/mol. The van der Waals surface area contributed by atoms with Crippen molar-refractivity contribution in [2.45, 2.75) is 103 Å². The minimum absolute atomic E-state index is 0.600. The molecule has 2 heteroatoms. The van der Waals surface area contributed by atoms with Gasteiger partial charge in [0, 0.05) is 6.04 Å². The smallest absolute Gasteiger partial charge is 0.0238 e. The van der Waals surface area contributed by atoms with Gasteiger partial charge in [-0.3, -0.25) is 11.3 Å². The second-order valence-corrected chi connectivity index (χ2v) is 6.43.